The molecular weight excluding hydrogens is 489 g/mol. The Morgan fingerprint density at radius 2 is 1.68 bits per heavy atom. The lowest BCUT2D eigenvalue weighted by atomic mass is 9.97. The van der Waals surface area contributed by atoms with Crippen LogP contribution in [-0.2, 0) is 15.8 Å². The summed E-state index contributed by atoms with van der Waals surface area (Å²) < 4.78 is 38.9. The van der Waals surface area contributed by atoms with Gasteiger partial charge in [0.05, 0.1) is 5.69 Å². The largest absolute Gasteiger partial charge is 0.478 e. The van der Waals surface area contributed by atoms with Gasteiger partial charge in [0.1, 0.15) is 5.69 Å². The van der Waals surface area contributed by atoms with Crippen LogP contribution < -0.4 is 5.32 Å². The number of alkyl halides is 3. The lowest BCUT2D eigenvalue weighted by Gasteiger charge is -2.37. The number of carboxylic acids is 2. The molecule has 2 bridgehead atoms. The first-order chi connectivity index (χ1) is 17.5. The average molecular weight is 517 g/mol. The smallest absolute Gasteiger partial charge is 0.431 e. The highest BCUT2D eigenvalue weighted by molar-refractivity contribution is 5.89. The van der Waals surface area contributed by atoms with Crippen LogP contribution in [0, 0.1) is 0 Å². The topological polar surface area (TPSA) is 119 Å². The zero-order chi connectivity index (χ0) is 26.7. The number of hydrogen-bond acceptors (Lipinski definition) is 5. The van der Waals surface area contributed by atoms with Gasteiger partial charge in [0.15, 0.2) is 0 Å². The van der Waals surface area contributed by atoms with Gasteiger partial charge in [0.25, 0.3) is 0 Å². The maximum atomic E-state index is 13.0. The molecule has 2 saturated heterocycles. The molecule has 2 aliphatic rings. The Labute approximate surface area is 210 Å². The fraction of sp³-hybridized carbons (Fsp3) is 0.346. The number of aromatic amines is 1. The molecule has 0 aliphatic carbocycles. The maximum absolute atomic E-state index is 13.0. The minimum atomic E-state index is -4.38. The normalized spacial score (nSPS) is 21.6. The van der Waals surface area contributed by atoms with Gasteiger partial charge in [-0.3, -0.25) is 4.98 Å². The fourth-order valence-corrected chi connectivity index (χ4v) is 5.05. The third-order valence-corrected chi connectivity index (χ3v) is 6.84. The highest BCUT2D eigenvalue weighted by Crippen LogP contribution is 2.36. The Morgan fingerprint density at radius 3 is 2.27 bits per heavy atom. The Bertz CT molecular complexity index is 1290. The van der Waals surface area contributed by atoms with E-state index in [9.17, 15) is 22.8 Å². The van der Waals surface area contributed by atoms with Crippen molar-refractivity contribution >= 4 is 28.5 Å². The number of rotatable bonds is 5. The van der Waals surface area contributed by atoms with Crippen LogP contribution in [0.25, 0.3) is 22.0 Å². The van der Waals surface area contributed by atoms with Gasteiger partial charge in [-0.15, -0.1) is 0 Å². The number of benzene rings is 1. The highest BCUT2D eigenvalue weighted by Gasteiger charge is 2.38. The summed E-state index contributed by atoms with van der Waals surface area (Å²) >= 11 is 0. The zero-order valence-corrected chi connectivity index (χ0v) is 20.0. The Hall–Kier alpha value is -3.86. The van der Waals surface area contributed by atoms with E-state index in [2.05, 4.69) is 27.2 Å². The second kappa shape index (κ2) is 10.6. The number of fused-ring (bicyclic) bond motifs is 3. The Balaban J connectivity index is 0.000000349. The van der Waals surface area contributed by atoms with Gasteiger partial charge in [-0.2, -0.15) is 13.2 Å². The first kappa shape index (κ1) is 26.2. The molecule has 0 radical (unpaired) electrons. The van der Waals surface area contributed by atoms with Crippen LogP contribution in [-0.4, -0.2) is 62.2 Å². The number of anilines is 1. The summed E-state index contributed by atoms with van der Waals surface area (Å²) in [5.41, 5.74) is 2.45. The molecule has 3 aromatic rings. The number of carboxylic acid groups (broad SMARTS) is 2. The molecule has 11 heteroatoms. The number of aliphatic carboxylic acids is 2. The first-order valence-electron chi connectivity index (χ1n) is 11.8. The van der Waals surface area contributed by atoms with Crippen molar-refractivity contribution in [2.45, 2.75) is 50.0 Å². The van der Waals surface area contributed by atoms with E-state index >= 15 is 0 Å². The van der Waals surface area contributed by atoms with Gasteiger partial charge < -0.3 is 25.4 Å². The Kier molecular flexibility index (Phi) is 7.53. The molecule has 0 saturated carbocycles. The van der Waals surface area contributed by atoms with Crippen LogP contribution in [0.1, 0.15) is 31.4 Å². The standard InChI is InChI=1S/C22H23F3N4.C4H4O4/c1-29-18-3-4-19(29)10-16(9-18)27-17-7-15(11-26-12-17)13-2-5-20-14(6-13)8-21(28-20)22(23,24)25;5-3(6)1-2-4(7)8/h2,5-8,11-12,16,18-19,27-28H,3-4,9-10H2,1H3;1-2H,(H,5,6)(H,7,8)/b;2-1+/t16-,18+,19-;. The SMILES string of the molecule is CN1[C@@H]2CC[C@H]1C[C@@H](Nc1cncc(-c3ccc4[nH]c(C(F)(F)F)cc4c3)c1)C2.O=C(O)/C=C/C(=O)O. The molecule has 4 N–H and O–H groups in total. The molecule has 2 fully saturated rings. The molecule has 8 nitrogen and oxygen atoms in total. The Morgan fingerprint density at radius 1 is 1.03 bits per heavy atom. The van der Waals surface area contributed by atoms with Crippen LogP contribution in [0.15, 0.2) is 54.9 Å². The lowest BCUT2D eigenvalue weighted by Crippen LogP contribution is -2.44. The molecule has 1 aromatic carbocycles. The van der Waals surface area contributed by atoms with Crippen molar-refractivity contribution in [2.75, 3.05) is 12.4 Å². The maximum Gasteiger partial charge on any atom is 0.431 e. The quantitative estimate of drug-likeness (QED) is 0.353. The number of nitrogens with zero attached hydrogens (tertiary/aromatic N) is 2. The molecule has 3 atom stereocenters. The van der Waals surface area contributed by atoms with E-state index in [1.807, 2.05) is 18.3 Å². The first-order valence-corrected chi connectivity index (χ1v) is 11.8. The average Bonchev–Trinajstić information content (AvgIpc) is 3.35. The second-order valence-corrected chi connectivity index (χ2v) is 9.32. The summed E-state index contributed by atoms with van der Waals surface area (Å²) in [5.74, 6) is -2.51. The molecule has 2 aliphatic heterocycles. The minimum absolute atomic E-state index is 0.433. The number of nitrogens with one attached hydrogen (secondary N) is 2. The molecule has 4 heterocycles. The van der Waals surface area contributed by atoms with Gasteiger partial charge in [-0.1, -0.05) is 6.07 Å². The van der Waals surface area contributed by atoms with Crippen molar-refractivity contribution in [3.63, 3.8) is 0 Å². The lowest BCUT2D eigenvalue weighted by molar-refractivity contribution is -0.140. The highest BCUT2D eigenvalue weighted by atomic mass is 19.4. The van der Waals surface area contributed by atoms with Crippen molar-refractivity contribution in [2.24, 2.45) is 0 Å². The number of halogens is 3. The van der Waals surface area contributed by atoms with Crippen molar-refractivity contribution < 1.29 is 33.0 Å². The third kappa shape index (κ3) is 6.48. The second-order valence-electron chi connectivity index (χ2n) is 9.32. The molecule has 0 spiro atoms. The third-order valence-electron chi connectivity index (χ3n) is 6.84. The monoisotopic (exact) mass is 516 g/mol. The summed E-state index contributed by atoms with van der Waals surface area (Å²) in [7, 11) is 2.22. The number of piperidine rings is 1. The van der Waals surface area contributed by atoms with Crippen LogP contribution in [0.5, 0.6) is 0 Å². The molecule has 37 heavy (non-hydrogen) atoms. The summed E-state index contributed by atoms with van der Waals surface area (Å²) in [4.78, 5) is 28.4. The summed E-state index contributed by atoms with van der Waals surface area (Å²) in [6.07, 6.45) is 5.12. The van der Waals surface area contributed by atoms with Gasteiger partial charge in [0, 0.05) is 59.1 Å². The molecule has 5 rings (SSSR count). The van der Waals surface area contributed by atoms with Crippen LogP contribution in [0.4, 0.5) is 18.9 Å². The van der Waals surface area contributed by atoms with E-state index < -0.39 is 23.8 Å². The van der Waals surface area contributed by atoms with E-state index in [1.54, 1.807) is 18.3 Å². The number of aromatic nitrogens is 2. The van der Waals surface area contributed by atoms with Crippen molar-refractivity contribution in [3.05, 3.63) is 60.6 Å². The van der Waals surface area contributed by atoms with E-state index in [-0.39, 0.29) is 0 Å². The van der Waals surface area contributed by atoms with Crippen LogP contribution in [0.2, 0.25) is 0 Å². The number of hydrogen-bond donors (Lipinski definition) is 4. The fourth-order valence-electron chi connectivity index (χ4n) is 5.05. The van der Waals surface area contributed by atoms with Gasteiger partial charge in [-0.05, 0) is 62.6 Å². The summed E-state index contributed by atoms with van der Waals surface area (Å²) in [6.45, 7) is 0. The van der Waals surface area contributed by atoms with Crippen LogP contribution in [0.3, 0.4) is 0 Å². The van der Waals surface area contributed by atoms with Gasteiger partial charge in [0.2, 0.25) is 0 Å². The summed E-state index contributed by atoms with van der Waals surface area (Å²) in [6, 6.07) is 10.2. The van der Waals surface area contributed by atoms with E-state index in [4.69, 9.17) is 10.2 Å². The van der Waals surface area contributed by atoms with E-state index in [1.165, 1.54) is 12.8 Å². The minimum Gasteiger partial charge on any atom is -0.478 e. The van der Waals surface area contributed by atoms with E-state index in [0.29, 0.717) is 41.2 Å². The van der Waals surface area contributed by atoms with E-state index in [0.717, 1.165) is 35.7 Å². The number of carbonyl (C=O) groups is 2. The zero-order valence-electron chi connectivity index (χ0n) is 20.0. The number of H-pyrrole nitrogens is 1. The predicted octanol–water partition coefficient (Wildman–Crippen LogP) is 5.00. The van der Waals surface area contributed by atoms with Gasteiger partial charge >= 0.3 is 18.1 Å². The van der Waals surface area contributed by atoms with Gasteiger partial charge in [-0.25, -0.2) is 9.59 Å². The summed E-state index contributed by atoms with van der Waals surface area (Å²) in [5, 5.41) is 19.8. The number of pyridine rings is 1. The van der Waals surface area contributed by atoms with Crippen LogP contribution >= 0.6 is 0 Å². The van der Waals surface area contributed by atoms with Crippen molar-refractivity contribution in [1.29, 1.82) is 0 Å². The molecule has 0 amide bonds. The van der Waals surface area contributed by atoms with Crippen molar-refractivity contribution in [3.8, 4) is 11.1 Å². The molecular formula is C26H27F3N4O4. The van der Waals surface area contributed by atoms with Crippen molar-refractivity contribution in [1.82, 2.24) is 14.9 Å². The molecule has 196 valence electrons. The molecule has 2 aromatic heterocycles. The predicted molar refractivity (Wildman–Crippen MR) is 132 cm³/mol. The molecule has 0 unspecified atom stereocenters.